The van der Waals surface area contributed by atoms with E-state index in [1.807, 2.05) is 0 Å². The SMILES string of the molecule is CCN(CC)[SiH2]NCCC1CCCC1. The minimum absolute atomic E-state index is 0.129. The van der Waals surface area contributed by atoms with Crippen LogP contribution in [0.5, 0.6) is 0 Å². The van der Waals surface area contributed by atoms with Crippen molar-refractivity contribution in [1.82, 2.24) is 9.55 Å². The molecule has 0 atom stereocenters. The summed E-state index contributed by atoms with van der Waals surface area (Å²) in [4.78, 5) is 3.68. The third-order valence-corrected chi connectivity index (χ3v) is 5.35. The van der Waals surface area contributed by atoms with Crippen LogP contribution >= 0.6 is 0 Å². The van der Waals surface area contributed by atoms with Crippen molar-refractivity contribution in [1.29, 1.82) is 0 Å². The second-order valence-electron chi connectivity index (χ2n) is 4.40. The molecule has 14 heavy (non-hydrogen) atoms. The predicted molar refractivity (Wildman–Crippen MR) is 66.0 cm³/mol. The maximum absolute atomic E-state index is 3.68. The summed E-state index contributed by atoms with van der Waals surface area (Å²) in [6, 6.07) is 0. The van der Waals surface area contributed by atoms with Crippen LogP contribution in [-0.2, 0) is 0 Å². The van der Waals surface area contributed by atoms with Crippen LogP contribution in [0.1, 0.15) is 46.0 Å². The van der Waals surface area contributed by atoms with Crippen molar-refractivity contribution >= 4 is 9.84 Å². The highest BCUT2D eigenvalue weighted by Gasteiger charge is 2.13. The lowest BCUT2D eigenvalue weighted by Crippen LogP contribution is -2.38. The van der Waals surface area contributed by atoms with E-state index in [0.29, 0.717) is 0 Å². The fourth-order valence-corrected chi connectivity index (χ4v) is 3.42. The first-order chi connectivity index (χ1) is 6.86. The molecule has 1 fully saturated rings. The molecule has 1 rings (SSSR count). The average Bonchev–Trinajstić information content (AvgIpc) is 2.71. The molecule has 1 aliphatic carbocycles. The Bertz CT molecular complexity index is 127. The van der Waals surface area contributed by atoms with Gasteiger partial charge in [0.2, 0.25) is 0 Å². The van der Waals surface area contributed by atoms with Crippen LogP contribution in [0, 0.1) is 5.92 Å². The summed E-state index contributed by atoms with van der Waals surface area (Å²) < 4.78 is 2.56. The number of nitrogens with one attached hydrogen (secondary N) is 1. The summed E-state index contributed by atoms with van der Waals surface area (Å²) in [7, 11) is -0.129. The Morgan fingerprint density at radius 1 is 1.21 bits per heavy atom. The summed E-state index contributed by atoms with van der Waals surface area (Å²) in [6.07, 6.45) is 7.38. The zero-order chi connectivity index (χ0) is 10.2. The van der Waals surface area contributed by atoms with Gasteiger partial charge in [0.1, 0.15) is 0 Å². The Morgan fingerprint density at radius 3 is 2.43 bits per heavy atom. The van der Waals surface area contributed by atoms with E-state index in [2.05, 4.69) is 23.4 Å². The molecule has 0 spiro atoms. The molecule has 0 unspecified atom stereocenters. The standard InChI is InChI=1S/C11H26N2Si/c1-3-13(4-2)14-12-10-9-11-7-5-6-8-11/h11-12H,3-10,14H2,1-2H3. The monoisotopic (exact) mass is 214 g/mol. The molecule has 0 aliphatic heterocycles. The van der Waals surface area contributed by atoms with E-state index in [1.54, 1.807) is 0 Å². The molecule has 0 radical (unpaired) electrons. The van der Waals surface area contributed by atoms with Gasteiger partial charge in [0, 0.05) is 0 Å². The van der Waals surface area contributed by atoms with Crippen LogP contribution in [-0.4, -0.2) is 34.0 Å². The Kier molecular flexibility index (Phi) is 6.48. The highest BCUT2D eigenvalue weighted by atomic mass is 28.2. The Morgan fingerprint density at radius 2 is 1.86 bits per heavy atom. The smallest absolute Gasteiger partial charge is 0.170 e. The summed E-state index contributed by atoms with van der Waals surface area (Å²) in [5, 5.41) is 0. The molecule has 0 aromatic rings. The fourth-order valence-electron chi connectivity index (χ4n) is 2.29. The molecule has 1 N–H and O–H groups in total. The zero-order valence-corrected chi connectivity index (χ0v) is 11.3. The first kappa shape index (κ1) is 12.2. The van der Waals surface area contributed by atoms with Crippen molar-refractivity contribution < 1.29 is 0 Å². The third kappa shape index (κ3) is 4.58. The molecule has 84 valence electrons. The van der Waals surface area contributed by atoms with Gasteiger partial charge in [0.15, 0.2) is 9.84 Å². The first-order valence-corrected chi connectivity index (χ1v) is 7.63. The molecule has 2 nitrogen and oxygen atoms in total. The molecule has 1 aliphatic rings. The largest absolute Gasteiger partial charge is 0.330 e. The van der Waals surface area contributed by atoms with Gasteiger partial charge in [-0.05, 0) is 32.0 Å². The van der Waals surface area contributed by atoms with Crippen molar-refractivity contribution in [2.45, 2.75) is 46.0 Å². The van der Waals surface area contributed by atoms with Crippen molar-refractivity contribution in [2.75, 3.05) is 19.6 Å². The van der Waals surface area contributed by atoms with Gasteiger partial charge in [-0.15, -0.1) is 0 Å². The number of nitrogens with zero attached hydrogens (tertiary/aromatic N) is 1. The van der Waals surface area contributed by atoms with Crippen LogP contribution in [0.3, 0.4) is 0 Å². The van der Waals surface area contributed by atoms with Gasteiger partial charge >= 0.3 is 0 Å². The zero-order valence-electron chi connectivity index (χ0n) is 9.89. The van der Waals surface area contributed by atoms with E-state index in [0.717, 1.165) is 5.92 Å². The van der Waals surface area contributed by atoms with E-state index >= 15 is 0 Å². The minimum atomic E-state index is -0.129. The molecule has 0 bridgehead atoms. The number of hydrogen-bond acceptors (Lipinski definition) is 2. The Labute approximate surface area is 91.4 Å². The highest BCUT2D eigenvalue weighted by molar-refractivity contribution is 6.28. The summed E-state index contributed by atoms with van der Waals surface area (Å²) >= 11 is 0. The molecule has 0 heterocycles. The van der Waals surface area contributed by atoms with Crippen LogP contribution in [0.4, 0.5) is 0 Å². The third-order valence-electron chi connectivity index (χ3n) is 3.43. The first-order valence-electron chi connectivity index (χ1n) is 6.29. The Balaban J connectivity index is 1.92. The fraction of sp³-hybridized carbons (Fsp3) is 1.00. The van der Waals surface area contributed by atoms with Crippen LogP contribution in [0.25, 0.3) is 0 Å². The van der Waals surface area contributed by atoms with Crippen molar-refractivity contribution in [3.05, 3.63) is 0 Å². The van der Waals surface area contributed by atoms with Crippen LogP contribution in [0.15, 0.2) is 0 Å². The second kappa shape index (κ2) is 7.43. The molecule has 3 heteroatoms. The maximum Gasteiger partial charge on any atom is 0.170 e. The summed E-state index contributed by atoms with van der Waals surface area (Å²) in [6.45, 7) is 8.23. The molecule has 0 aromatic carbocycles. The van der Waals surface area contributed by atoms with Gasteiger partial charge < -0.3 is 9.55 Å². The lowest BCUT2D eigenvalue weighted by Gasteiger charge is -2.18. The van der Waals surface area contributed by atoms with Gasteiger partial charge in [0.05, 0.1) is 0 Å². The predicted octanol–water partition coefficient (Wildman–Crippen LogP) is 1.50. The molecule has 0 aromatic heterocycles. The molecular weight excluding hydrogens is 188 g/mol. The van der Waals surface area contributed by atoms with Crippen LogP contribution < -0.4 is 4.98 Å². The summed E-state index contributed by atoms with van der Waals surface area (Å²) in [5.41, 5.74) is 0. The van der Waals surface area contributed by atoms with E-state index < -0.39 is 0 Å². The van der Waals surface area contributed by atoms with E-state index in [1.165, 1.54) is 51.7 Å². The molecular formula is C11H26N2Si. The second-order valence-corrected chi connectivity index (χ2v) is 6.11. The lowest BCUT2D eigenvalue weighted by atomic mass is 10.1. The molecule has 0 saturated heterocycles. The molecule has 0 amide bonds. The topological polar surface area (TPSA) is 15.3 Å². The van der Waals surface area contributed by atoms with Gasteiger partial charge in [-0.25, -0.2) is 0 Å². The number of hydrogen-bond donors (Lipinski definition) is 1. The maximum atomic E-state index is 3.68. The van der Waals surface area contributed by atoms with Gasteiger partial charge in [-0.3, -0.25) is 0 Å². The summed E-state index contributed by atoms with van der Waals surface area (Å²) in [5.74, 6) is 1.05. The average molecular weight is 214 g/mol. The van der Waals surface area contributed by atoms with Gasteiger partial charge in [0.25, 0.3) is 0 Å². The van der Waals surface area contributed by atoms with Gasteiger partial charge in [-0.2, -0.15) is 0 Å². The minimum Gasteiger partial charge on any atom is -0.330 e. The highest BCUT2D eigenvalue weighted by Crippen LogP contribution is 2.26. The van der Waals surface area contributed by atoms with Gasteiger partial charge in [-0.1, -0.05) is 39.5 Å². The van der Waals surface area contributed by atoms with Crippen molar-refractivity contribution in [3.8, 4) is 0 Å². The molecule has 1 saturated carbocycles. The van der Waals surface area contributed by atoms with Crippen molar-refractivity contribution in [2.24, 2.45) is 5.92 Å². The number of rotatable bonds is 7. The lowest BCUT2D eigenvalue weighted by molar-refractivity contribution is 0.468. The normalized spacial score (nSPS) is 19.1. The van der Waals surface area contributed by atoms with E-state index in [9.17, 15) is 0 Å². The van der Waals surface area contributed by atoms with E-state index in [-0.39, 0.29) is 9.84 Å². The van der Waals surface area contributed by atoms with Crippen LogP contribution in [0.2, 0.25) is 0 Å². The quantitative estimate of drug-likeness (QED) is 0.510. The van der Waals surface area contributed by atoms with E-state index in [4.69, 9.17) is 0 Å². The Hall–Kier alpha value is 0.137. The van der Waals surface area contributed by atoms with Crippen molar-refractivity contribution in [3.63, 3.8) is 0 Å².